The number of aromatic nitrogens is 4. The fourth-order valence-corrected chi connectivity index (χ4v) is 1.34. The van der Waals surface area contributed by atoms with Crippen molar-refractivity contribution in [3.8, 4) is 0 Å². The Balaban J connectivity index is 2.09. The van der Waals surface area contributed by atoms with Crippen LogP contribution >= 0.6 is 0 Å². The standard InChI is InChI=1S/C10H10N6O3/c1-2-15-13-10(12-14-15)11-9(17)7-3-5-8(6-4-7)16(18)19/h3-6H,2H2,1H3,(H,11,13,17). The van der Waals surface area contributed by atoms with Gasteiger partial charge in [0.2, 0.25) is 0 Å². The summed E-state index contributed by atoms with van der Waals surface area (Å²) < 4.78 is 0. The van der Waals surface area contributed by atoms with Gasteiger partial charge in [0.05, 0.1) is 11.5 Å². The number of hydrogen-bond acceptors (Lipinski definition) is 6. The second-order valence-corrected chi connectivity index (χ2v) is 3.56. The number of anilines is 1. The zero-order valence-electron chi connectivity index (χ0n) is 9.98. The van der Waals surface area contributed by atoms with Crippen LogP contribution in [0.3, 0.4) is 0 Å². The number of tetrazole rings is 1. The second-order valence-electron chi connectivity index (χ2n) is 3.56. The van der Waals surface area contributed by atoms with Crippen molar-refractivity contribution in [2.75, 3.05) is 5.32 Å². The van der Waals surface area contributed by atoms with Crippen molar-refractivity contribution in [1.82, 2.24) is 20.2 Å². The molecular formula is C10H10N6O3. The van der Waals surface area contributed by atoms with Crippen LogP contribution in [0.4, 0.5) is 11.6 Å². The van der Waals surface area contributed by atoms with E-state index in [0.717, 1.165) is 0 Å². The summed E-state index contributed by atoms with van der Waals surface area (Å²) in [5.41, 5.74) is 0.199. The van der Waals surface area contributed by atoms with Crippen LogP contribution in [0.5, 0.6) is 0 Å². The molecular weight excluding hydrogens is 252 g/mol. The first kappa shape index (κ1) is 12.6. The Hall–Kier alpha value is -2.84. The molecule has 0 fully saturated rings. The van der Waals surface area contributed by atoms with Gasteiger partial charge in [-0.05, 0) is 24.3 Å². The minimum atomic E-state index is -0.532. The number of aryl methyl sites for hydroxylation is 1. The lowest BCUT2D eigenvalue weighted by atomic mass is 10.2. The number of nitro benzene ring substituents is 1. The molecule has 0 aliphatic carbocycles. The number of nitrogens with zero attached hydrogens (tertiary/aromatic N) is 5. The number of rotatable bonds is 4. The van der Waals surface area contributed by atoms with Crippen molar-refractivity contribution < 1.29 is 9.72 Å². The molecule has 0 aliphatic rings. The number of nitro groups is 1. The highest BCUT2D eigenvalue weighted by atomic mass is 16.6. The summed E-state index contributed by atoms with van der Waals surface area (Å²) in [5.74, 6) is -0.365. The van der Waals surface area contributed by atoms with Crippen molar-refractivity contribution in [2.24, 2.45) is 0 Å². The molecule has 2 rings (SSSR count). The van der Waals surface area contributed by atoms with Crippen LogP contribution in [0.25, 0.3) is 0 Å². The molecule has 0 radical (unpaired) electrons. The van der Waals surface area contributed by atoms with Crippen LogP contribution < -0.4 is 5.32 Å². The van der Waals surface area contributed by atoms with E-state index in [-0.39, 0.29) is 17.2 Å². The molecule has 0 unspecified atom stereocenters. The van der Waals surface area contributed by atoms with E-state index in [4.69, 9.17) is 0 Å². The molecule has 0 saturated heterocycles. The normalized spacial score (nSPS) is 10.2. The van der Waals surface area contributed by atoms with E-state index in [1.54, 1.807) is 0 Å². The number of carbonyl (C=O) groups excluding carboxylic acids is 1. The maximum Gasteiger partial charge on any atom is 0.270 e. The average molecular weight is 262 g/mol. The number of benzene rings is 1. The van der Waals surface area contributed by atoms with Gasteiger partial charge in [0, 0.05) is 17.7 Å². The van der Waals surface area contributed by atoms with Crippen LogP contribution in [0, 0.1) is 10.1 Å². The third-order valence-electron chi connectivity index (χ3n) is 2.30. The SMILES string of the molecule is CCn1nnc(NC(=O)c2ccc([N+](=O)[O-])cc2)n1. The van der Waals surface area contributed by atoms with Crippen LogP contribution in [-0.2, 0) is 6.54 Å². The Morgan fingerprint density at radius 1 is 1.42 bits per heavy atom. The van der Waals surface area contributed by atoms with Gasteiger partial charge in [0.15, 0.2) is 0 Å². The molecule has 9 heteroatoms. The summed E-state index contributed by atoms with van der Waals surface area (Å²) in [7, 11) is 0. The number of non-ortho nitro benzene ring substituents is 1. The molecule has 19 heavy (non-hydrogen) atoms. The Morgan fingerprint density at radius 2 is 2.11 bits per heavy atom. The van der Waals surface area contributed by atoms with Gasteiger partial charge in [-0.25, -0.2) is 0 Å². The highest BCUT2D eigenvalue weighted by Crippen LogP contribution is 2.12. The zero-order valence-corrected chi connectivity index (χ0v) is 9.98. The van der Waals surface area contributed by atoms with Gasteiger partial charge in [0.1, 0.15) is 0 Å². The molecule has 2 aromatic rings. The molecule has 1 heterocycles. The largest absolute Gasteiger partial charge is 0.288 e. The topological polar surface area (TPSA) is 116 Å². The van der Waals surface area contributed by atoms with Gasteiger partial charge in [-0.1, -0.05) is 5.10 Å². The number of amides is 1. The molecule has 1 aromatic heterocycles. The second kappa shape index (κ2) is 5.21. The van der Waals surface area contributed by atoms with E-state index in [9.17, 15) is 14.9 Å². The monoisotopic (exact) mass is 262 g/mol. The molecule has 0 spiro atoms. The Bertz CT molecular complexity index is 606. The highest BCUT2D eigenvalue weighted by Gasteiger charge is 2.11. The Morgan fingerprint density at radius 3 is 2.63 bits per heavy atom. The Labute approximate surface area is 107 Å². The smallest absolute Gasteiger partial charge is 0.270 e. The van der Waals surface area contributed by atoms with Crippen LogP contribution in [0.1, 0.15) is 17.3 Å². The van der Waals surface area contributed by atoms with E-state index in [2.05, 4.69) is 20.7 Å². The summed E-state index contributed by atoms with van der Waals surface area (Å²) in [6, 6.07) is 5.23. The maximum atomic E-state index is 11.8. The van der Waals surface area contributed by atoms with Crippen molar-refractivity contribution in [3.63, 3.8) is 0 Å². The van der Waals surface area contributed by atoms with Crippen LogP contribution in [0.2, 0.25) is 0 Å². The molecule has 1 aromatic carbocycles. The summed E-state index contributed by atoms with van der Waals surface area (Å²) in [6.07, 6.45) is 0. The summed E-state index contributed by atoms with van der Waals surface area (Å²) in [5, 5.41) is 24.2. The molecule has 9 nitrogen and oxygen atoms in total. The Kier molecular flexibility index (Phi) is 3.46. The quantitative estimate of drug-likeness (QED) is 0.645. The maximum absolute atomic E-state index is 11.8. The lowest BCUT2D eigenvalue weighted by molar-refractivity contribution is -0.384. The van der Waals surface area contributed by atoms with Crippen molar-refractivity contribution in [1.29, 1.82) is 0 Å². The van der Waals surface area contributed by atoms with Crippen molar-refractivity contribution in [3.05, 3.63) is 39.9 Å². The first-order valence-corrected chi connectivity index (χ1v) is 5.43. The van der Waals surface area contributed by atoms with E-state index in [1.165, 1.54) is 29.1 Å². The highest BCUT2D eigenvalue weighted by molar-refractivity contribution is 6.03. The predicted octanol–water partition coefficient (Wildman–Crippen LogP) is 0.853. The van der Waals surface area contributed by atoms with Gasteiger partial charge in [0.25, 0.3) is 17.5 Å². The summed E-state index contributed by atoms with van der Waals surface area (Å²) in [4.78, 5) is 23.1. The molecule has 0 bridgehead atoms. The van der Waals surface area contributed by atoms with E-state index >= 15 is 0 Å². The summed E-state index contributed by atoms with van der Waals surface area (Å²) in [6.45, 7) is 2.38. The van der Waals surface area contributed by atoms with Crippen LogP contribution in [0.15, 0.2) is 24.3 Å². The van der Waals surface area contributed by atoms with E-state index in [1.807, 2.05) is 6.92 Å². The third-order valence-corrected chi connectivity index (χ3v) is 2.30. The van der Waals surface area contributed by atoms with Crippen molar-refractivity contribution >= 4 is 17.5 Å². The van der Waals surface area contributed by atoms with E-state index in [0.29, 0.717) is 6.54 Å². The fourth-order valence-electron chi connectivity index (χ4n) is 1.34. The lowest BCUT2D eigenvalue weighted by Crippen LogP contribution is -2.13. The number of carbonyl (C=O) groups is 1. The van der Waals surface area contributed by atoms with Gasteiger partial charge < -0.3 is 0 Å². The van der Waals surface area contributed by atoms with Crippen molar-refractivity contribution in [2.45, 2.75) is 13.5 Å². The zero-order chi connectivity index (χ0) is 13.8. The minimum Gasteiger partial charge on any atom is -0.288 e. The molecule has 0 aliphatic heterocycles. The van der Waals surface area contributed by atoms with Gasteiger partial charge >= 0.3 is 0 Å². The van der Waals surface area contributed by atoms with Crippen LogP contribution in [-0.4, -0.2) is 31.0 Å². The van der Waals surface area contributed by atoms with Gasteiger partial charge in [-0.3, -0.25) is 20.2 Å². The first-order chi connectivity index (χ1) is 9.10. The third kappa shape index (κ3) is 2.89. The molecule has 98 valence electrons. The minimum absolute atomic E-state index is 0.0772. The fraction of sp³-hybridized carbons (Fsp3) is 0.200. The van der Waals surface area contributed by atoms with Gasteiger partial charge in [-0.15, -0.1) is 5.10 Å². The average Bonchev–Trinajstić information content (AvgIpc) is 2.86. The number of hydrogen-bond donors (Lipinski definition) is 1. The van der Waals surface area contributed by atoms with Gasteiger partial charge in [-0.2, -0.15) is 4.80 Å². The van der Waals surface area contributed by atoms with E-state index < -0.39 is 10.8 Å². The molecule has 0 atom stereocenters. The lowest BCUT2D eigenvalue weighted by Gasteiger charge is -1.99. The first-order valence-electron chi connectivity index (χ1n) is 5.43. The molecule has 1 N–H and O–H groups in total. The molecule has 0 saturated carbocycles. The number of nitrogens with one attached hydrogen (secondary N) is 1. The predicted molar refractivity (Wildman–Crippen MR) is 64.5 cm³/mol. The molecule has 1 amide bonds. The summed E-state index contributed by atoms with van der Waals surface area (Å²) >= 11 is 0.